The van der Waals surface area contributed by atoms with Crippen LogP contribution in [0.2, 0.25) is 5.02 Å². The average Bonchev–Trinajstić information content (AvgIpc) is 2.69. The van der Waals surface area contributed by atoms with Gasteiger partial charge in [-0.3, -0.25) is 14.9 Å². The standard InChI is InChI=1S/C10H10BrClN2O4S2/c1-2-6-10(16)13-7(15)4-14(6)20(17,18)8-3-5(12)9(11)19-8/h3,6H,2,4H2,1H3,(H,13,15,16). The molecule has 0 radical (unpaired) electrons. The fraction of sp³-hybridized carbons (Fsp3) is 0.400. The summed E-state index contributed by atoms with van der Waals surface area (Å²) in [5.41, 5.74) is 0. The first-order chi connectivity index (χ1) is 9.27. The van der Waals surface area contributed by atoms with E-state index in [1.54, 1.807) is 6.92 Å². The predicted octanol–water partition coefficient (Wildman–Crippen LogP) is 1.59. The molecule has 0 aromatic carbocycles. The summed E-state index contributed by atoms with van der Waals surface area (Å²) in [4.78, 5) is 23.2. The minimum absolute atomic E-state index is 0.00433. The largest absolute Gasteiger partial charge is 0.294 e. The van der Waals surface area contributed by atoms with Crippen molar-refractivity contribution in [1.82, 2.24) is 9.62 Å². The summed E-state index contributed by atoms with van der Waals surface area (Å²) in [5, 5.41) is 2.41. The number of nitrogens with zero attached hydrogens (tertiary/aromatic N) is 1. The molecular formula is C10H10BrClN2O4S2. The normalized spacial score (nSPS) is 21.1. The van der Waals surface area contributed by atoms with Crippen molar-refractivity contribution in [2.24, 2.45) is 0 Å². The van der Waals surface area contributed by atoms with Crippen LogP contribution in [0.4, 0.5) is 0 Å². The number of thiophene rings is 1. The van der Waals surface area contributed by atoms with Crippen molar-refractivity contribution in [3.8, 4) is 0 Å². The van der Waals surface area contributed by atoms with Crippen LogP contribution in [-0.2, 0) is 19.6 Å². The third kappa shape index (κ3) is 2.77. The fourth-order valence-corrected chi connectivity index (χ4v) is 6.00. The monoisotopic (exact) mass is 400 g/mol. The maximum absolute atomic E-state index is 12.5. The molecule has 0 aliphatic carbocycles. The molecule has 2 amide bonds. The van der Waals surface area contributed by atoms with Crippen LogP contribution < -0.4 is 5.32 Å². The number of piperazine rings is 1. The first kappa shape index (κ1) is 15.9. The zero-order chi connectivity index (χ0) is 15.1. The molecular weight excluding hydrogens is 392 g/mol. The van der Waals surface area contributed by atoms with Gasteiger partial charge in [-0.2, -0.15) is 4.31 Å². The smallest absolute Gasteiger partial charge is 0.253 e. The van der Waals surface area contributed by atoms with Gasteiger partial charge in [0.1, 0.15) is 10.3 Å². The molecule has 1 aromatic heterocycles. The second kappa shape index (κ2) is 5.72. The Morgan fingerprint density at radius 3 is 2.70 bits per heavy atom. The van der Waals surface area contributed by atoms with Gasteiger partial charge in [0.2, 0.25) is 11.8 Å². The third-order valence-electron chi connectivity index (χ3n) is 2.78. The lowest BCUT2D eigenvalue weighted by Gasteiger charge is -2.31. The van der Waals surface area contributed by atoms with E-state index in [0.29, 0.717) is 3.79 Å². The van der Waals surface area contributed by atoms with Crippen molar-refractivity contribution in [1.29, 1.82) is 0 Å². The lowest BCUT2D eigenvalue weighted by atomic mass is 10.2. The molecule has 1 saturated heterocycles. The van der Waals surface area contributed by atoms with Crippen molar-refractivity contribution < 1.29 is 18.0 Å². The van der Waals surface area contributed by atoms with Gasteiger partial charge in [-0.05, 0) is 28.4 Å². The zero-order valence-electron chi connectivity index (χ0n) is 10.2. The molecule has 10 heteroatoms. The van der Waals surface area contributed by atoms with Crippen LogP contribution >= 0.6 is 38.9 Å². The Bertz CT molecular complexity index is 653. The molecule has 1 fully saturated rings. The number of carbonyl (C=O) groups excluding carboxylic acids is 2. The van der Waals surface area contributed by atoms with Gasteiger partial charge in [-0.25, -0.2) is 8.42 Å². The van der Waals surface area contributed by atoms with Crippen LogP contribution in [0.5, 0.6) is 0 Å². The highest BCUT2D eigenvalue weighted by atomic mass is 79.9. The maximum atomic E-state index is 12.5. The Morgan fingerprint density at radius 1 is 1.55 bits per heavy atom. The van der Waals surface area contributed by atoms with E-state index in [9.17, 15) is 18.0 Å². The summed E-state index contributed by atoms with van der Waals surface area (Å²) in [6, 6.07) is 0.410. The first-order valence-electron chi connectivity index (χ1n) is 5.57. The van der Waals surface area contributed by atoms with E-state index in [1.165, 1.54) is 6.07 Å². The number of rotatable bonds is 3. The highest BCUT2D eigenvalue weighted by molar-refractivity contribution is 9.11. The second-order valence-corrected chi connectivity index (χ2v) is 8.97. The molecule has 1 aliphatic rings. The molecule has 20 heavy (non-hydrogen) atoms. The van der Waals surface area contributed by atoms with Crippen molar-refractivity contribution in [2.75, 3.05) is 6.54 Å². The fourth-order valence-electron chi connectivity index (χ4n) is 1.85. The predicted molar refractivity (Wildman–Crippen MR) is 78.1 cm³/mol. The zero-order valence-corrected chi connectivity index (χ0v) is 14.2. The Labute approximate surface area is 133 Å². The number of hydrogen-bond donors (Lipinski definition) is 1. The summed E-state index contributed by atoms with van der Waals surface area (Å²) in [5.74, 6) is -1.24. The number of sulfonamides is 1. The topological polar surface area (TPSA) is 83.6 Å². The van der Waals surface area contributed by atoms with Crippen LogP contribution in [0.3, 0.4) is 0 Å². The number of imide groups is 1. The number of halogens is 2. The molecule has 2 heterocycles. The molecule has 1 N–H and O–H groups in total. The number of amides is 2. The molecule has 110 valence electrons. The van der Waals surface area contributed by atoms with E-state index in [4.69, 9.17) is 11.6 Å². The van der Waals surface area contributed by atoms with Crippen LogP contribution in [0, 0.1) is 0 Å². The second-order valence-electron chi connectivity index (χ2n) is 4.07. The molecule has 1 atom stereocenters. The molecule has 0 bridgehead atoms. The highest BCUT2D eigenvalue weighted by Crippen LogP contribution is 2.36. The van der Waals surface area contributed by atoms with Crippen molar-refractivity contribution in [3.05, 3.63) is 14.9 Å². The summed E-state index contributed by atoms with van der Waals surface area (Å²) in [6.07, 6.45) is 0.276. The van der Waals surface area contributed by atoms with Gasteiger partial charge in [0.25, 0.3) is 10.0 Å². The summed E-state index contributed by atoms with van der Waals surface area (Å²) >= 11 is 9.92. The minimum atomic E-state index is -3.94. The molecule has 0 saturated carbocycles. The lowest BCUT2D eigenvalue weighted by Crippen LogP contribution is -2.59. The Kier molecular flexibility index (Phi) is 4.55. The van der Waals surface area contributed by atoms with E-state index in [-0.39, 0.29) is 22.2 Å². The number of carbonyl (C=O) groups is 2. The molecule has 1 unspecified atom stereocenters. The Morgan fingerprint density at radius 2 is 2.20 bits per heavy atom. The Hall–Kier alpha value is -0.480. The van der Waals surface area contributed by atoms with E-state index >= 15 is 0 Å². The van der Waals surface area contributed by atoms with Gasteiger partial charge in [-0.15, -0.1) is 11.3 Å². The molecule has 1 aliphatic heterocycles. The quantitative estimate of drug-likeness (QED) is 0.780. The summed E-state index contributed by atoms with van der Waals surface area (Å²) in [6.45, 7) is 1.31. The van der Waals surface area contributed by atoms with E-state index in [0.717, 1.165) is 15.6 Å². The van der Waals surface area contributed by atoms with Gasteiger partial charge in [-0.1, -0.05) is 18.5 Å². The van der Waals surface area contributed by atoms with Gasteiger partial charge in [0.05, 0.1) is 15.4 Å². The maximum Gasteiger partial charge on any atom is 0.253 e. The van der Waals surface area contributed by atoms with E-state index < -0.39 is 27.9 Å². The SMILES string of the molecule is CCC1C(=O)NC(=O)CN1S(=O)(=O)c1cc(Cl)c(Br)s1. The molecule has 2 rings (SSSR count). The van der Waals surface area contributed by atoms with E-state index in [2.05, 4.69) is 21.2 Å². The number of hydrogen-bond acceptors (Lipinski definition) is 5. The van der Waals surface area contributed by atoms with Gasteiger partial charge in [0, 0.05) is 0 Å². The minimum Gasteiger partial charge on any atom is -0.294 e. The van der Waals surface area contributed by atoms with Crippen LogP contribution in [0.1, 0.15) is 13.3 Å². The van der Waals surface area contributed by atoms with Gasteiger partial charge < -0.3 is 0 Å². The van der Waals surface area contributed by atoms with Gasteiger partial charge >= 0.3 is 0 Å². The highest BCUT2D eigenvalue weighted by Gasteiger charge is 2.41. The Balaban J connectivity index is 2.45. The van der Waals surface area contributed by atoms with Crippen LogP contribution in [0.25, 0.3) is 0 Å². The lowest BCUT2D eigenvalue weighted by molar-refractivity contribution is -0.137. The molecule has 0 spiro atoms. The van der Waals surface area contributed by atoms with Crippen molar-refractivity contribution >= 4 is 60.7 Å². The summed E-state index contributed by atoms with van der Waals surface area (Å²) in [7, 11) is -3.94. The van der Waals surface area contributed by atoms with Crippen molar-refractivity contribution in [3.63, 3.8) is 0 Å². The van der Waals surface area contributed by atoms with E-state index in [1.807, 2.05) is 0 Å². The molecule has 1 aromatic rings. The summed E-state index contributed by atoms with van der Waals surface area (Å²) < 4.78 is 26.5. The molecule has 6 nitrogen and oxygen atoms in total. The van der Waals surface area contributed by atoms with Crippen LogP contribution in [0.15, 0.2) is 14.1 Å². The van der Waals surface area contributed by atoms with Crippen molar-refractivity contribution in [2.45, 2.75) is 23.6 Å². The average molecular weight is 402 g/mol. The van der Waals surface area contributed by atoms with Crippen LogP contribution in [-0.4, -0.2) is 37.1 Å². The first-order valence-corrected chi connectivity index (χ1v) is 9.00. The van der Waals surface area contributed by atoms with Gasteiger partial charge in [0.15, 0.2) is 0 Å². The third-order valence-corrected chi connectivity index (χ3v) is 7.56. The number of nitrogens with one attached hydrogen (secondary N) is 1.